The van der Waals surface area contributed by atoms with E-state index in [9.17, 15) is 4.39 Å². The number of aryl methyl sites for hydroxylation is 1. The largest absolute Gasteiger partial charge is 0.497 e. The molecule has 0 bridgehead atoms. The minimum absolute atomic E-state index is 0.0187. The predicted octanol–water partition coefficient (Wildman–Crippen LogP) is 4.46. The third kappa shape index (κ3) is 3.52. The molecule has 0 unspecified atom stereocenters. The van der Waals surface area contributed by atoms with E-state index in [2.05, 4.69) is 10.3 Å². The number of hydrogen-bond acceptors (Lipinski definition) is 3. The number of nitrogens with one attached hydrogen (secondary N) is 1. The highest BCUT2D eigenvalue weighted by Crippen LogP contribution is 2.27. The van der Waals surface area contributed by atoms with Crippen LogP contribution in [0.25, 0.3) is 0 Å². The van der Waals surface area contributed by atoms with E-state index in [4.69, 9.17) is 27.9 Å². The molecule has 0 saturated carbocycles. The first-order valence-electron chi connectivity index (χ1n) is 5.89. The van der Waals surface area contributed by atoms with Crippen molar-refractivity contribution in [3.63, 3.8) is 0 Å². The number of aromatic nitrogens is 1. The topological polar surface area (TPSA) is 34.1 Å². The van der Waals surface area contributed by atoms with Crippen LogP contribution in [0.2, 0.25) is 10.0 Å². The van der Waals surface area contributed by atoms with Crippen LogP contribution in [0.15, 0.2) is 24.3 Å². The molecule has 0 saturated heterocycles. The highest BCUT2D eigenvalue weighted by molar-refractivity contribution is 6.35. The number of nitrogens with zero attached hydrogens (tertiary/aromatic N) is 1. The van der Waals surface area contributed by atoms with Gasteiger partial charge in [-0.05, 0) is 19.1 Å². The number of benzene rings is 1. The van der Waals surface area contributed by atoms with Crippen LogP contribution < -0.4 is 10.1 Å². The first-order chi connectivity index (χ1) is 9.49. The fourth-order valence-corrected chi connectivity index (χ4v) is 2.25. The van der Waals surface area contributed by atoms with E-state index in [0.717, 1.165) is 17.1 Å². The van der Waals surface area contributed by atoms with Crippen molar-refractivity contribution >= 4 is 28.9 Å². The average Bonchev–Trinajstić information content (AvgIpc) is 2.41. The van der Waals surface area contributed by atoms with Gasteiger partial charge in [-0.1, -0.05) is 23.2 Å². The van der Waals surface area contributed by atoms with Gasteiger partial charge in [0.25, 0.3) is 0 Å². The van der Waals surface area contributed by atoms with Gasteiger partial charge in [0.2, 0.25) is 0 Å². The van der Waals surface area contributed by atoms with Crippen molar-refractivity contribution in [3.05, 3.63) is 51.5 Å². The van der Waals surface area contributed by atoms with Gasteiger partial charge in [0.1, 0.15) is 5.75 Å². The zero-order chi connectivity index (χ0) is 14.7. The Kier molecular flexibility index (Phi) is 4.68. The number of pyridine rings is 1. The van der Waals surface area contributed by atoms with Crippen LogP contribution in [0.1, 0.15) is 11.4 Å². The summed E-state index contributed by atoms with van der Waals surface area (Å²) in [6, 6.07) is 6.63. The highest BCUT2D eigenvalue weighted by atomic mass is 35.5. The molecule has 0 aliphatic rings. The molecule has 6 heteroatoms. The molecular formula is C14H13Cl2FN2O. The summed E-state index contributed by atoms with van der Waals surface area (Å²) in [6.07, 6.45) is 0. The zero-order valence-corrected chi connectivity index (χ0v) is 12.5. The summed E-state index contributed by atoms with van der Waals surface area (Å²) in [4.78, 5) is 4.38. The Morgan fingerprint density at radius 2 is 1.85 bits per heavy atom. The van der Waals surface area contributed by atoms with Crippen molar-refractivity contribution in [3.8, 4) is 5.75 Å². The summed E-state index contributed by atoms with van der Waals surface area (Å²) < 4.78 is 18.5. The molecule has 0 aliphatic heterocycles. The van der Waals surface area contributed by atoms with E-state index in [1.165, 1.54) is 12.1 Å². The Balaban J connectivity index is 2.14. The minimum atomic E-state index is -0.616. The predicted molar refractivity (Wildman–Crippen MR) is 79.3 cm³/mol. The lowest BCUT2D eigenvalue weighted by Crippen LogP contribution is -2.03. The lowest BCUT2D eigenvalue weighted by molar-refractivity contribution is 0.413. The van der Waals surface area contributed by atoms with Gasteiger partial charge in [-0.15, -0.1) is 0 Å². The van der Waals surface area contributed by atoms with E-state index in [-0.39, 0.29) is 10.0 Å². The molecule has 0 amide bonds. The molecular weight excluding hydrogens is 302 g/mol. The van der Waals surface area contributed by atoms with Crippen LogP contribution in [-0.2, 0) is 6.54 Å². The summed E-state index contributed by atoms with van der Waals surface area (Å²) in [5.74, 6) is 0.124. The first kappa shape index (κ1) is 14.9. The Morgan fingerprint density at radius 1 is 1.20 bits per heavy atom. The van der Waals surface area contributed by atoms with Crippen LogP contribution in [0.3, 0.4) is 0 Å². The second kappa shape index (κ2) is 6.29. The Bertz CT molecular complexity index is 612. The third-order valence-corrected chi connectivity index (χ3v) is 3.22. The monoisotopic (exact) mass is 314 g/mol. The molecule has 1 heterocycles. The maximum atomic E-state index is 13.3. The summed E-state index contributed by atoms with van der Waals surface area (Å²) >= 11 is 11.5. The number of hydrogen-bond donors (Lipinski definition) is 1. The van der Waals surface area contributed by atoms with E-state index >= 15 is 0 Å². The number of ether oxygens (including phenoxy) is 1. The van der Waals surface area contributed by atoms with Gasteiger partial charge in [0.05, 0.1) is 29.4 Å². The Morgan fingerprint density at radius 3 is 2.45 bits per heavy atom. The summed E-state index contributed by atoms with van der Waals surface area (Å²) in [5.41, 5.74) is 2.29. The lowest BCUT2D eigenvalue weighted by atomic mass is 10.2. The van der Waals surface area contributed by atoms with Crippen molar-refractivity contribution in [1.29, 1.82) is 0 Å². The molecule has 0 fully saturated rings. The van der Waals surface area contributed by atoms with Gasteiger partial charge in [-0.3, -0.25) is 4.98 Å². The van der Waals surface area contributed by atoms with E-state index in [1.54, 1.807) is 7.11 Å². The molecule has 0 aliphatic carbocycles. The Labute approximate surface area is 126 Å². The molecule has 0 atom stereocenters. The van der Waals surface area contributed by atoms with Gasteiger partial charge < -0.3 is 10.1 Å². The fourth-order valence-electron chi connectivity index (χ4n) is 1.76. The SMILES string of the molecule is COc1cc(C)nc(CNc2cc(Cl)c(F)c(Cl)c2)c1. The molecule has 106 valence electrons. The summed E-state index contributed by atoms with van der Waals surface area (Å²) in [7, 11) is 1.60. The van der Waals surface area contributed by atoms with Gasteiger partial charge in [0.15, 0.2) is 5.82 Å². The molecule has 3 nitrogen and oxygen atoms in total. The molecule has 20 heavy (non-hydrogen) atoms. The van der Waals surface area contributed by atoms with Crippen molar-refractivity contribution in [2.24, 2.45) is 0 Å². The summed E-state index contributed by atoms with van der Waals surface area (Å²) in [5, 5.41) is 3.06. The van der Waals surface area contributed by atoms with Crippen molar-refractivity contribution < 1.29 is 9.13 Å². The first-order valence-corrected chi connectivity index (χ1v) is 6.65. The normalized spacial score (nSPS) is 10.4. The van der Waals surface area contributed by atoms with Gasteiger partial charge in [0, 0.05) is 23.5 Å². The van der Waals surface area contributed by atoms with E-state index in [1.807, 2.05) is 19.1 Å². The van der Waals surface area contributed by atoms with Gasteiger partial charge >= 0.3 is 0 Å². The molecule has 1 aromatic carbocycles. The Hall–Kier alpha value is -1.52. The number of methoxy groups -OCH3 is 1. The minimum Gasteiger partial charge on any atom is -0.497 e. The van der Waals surface area contributed by atoms with Crippen LogP contribution in [0.5, 0.6) is 5.75 Å². The molecule has 2 rings (SSSR count). The molecule has 0 spiro atoms. The standard InChI is InChI=1S/C14H13Cl2FN2O/c1-8-3-11(20-2)4-10(19-8)7-18-9-5-12(15)14(17)13(16)6-9/h3-6,18H,7H2,1-2H3. The maximum absolute atomic E-state index is 13.3. The second-order valence-corrected chi connectivity index (χ2v) is 5.06. The van der Waals surface area contributed by atoms with E-state index in [0.29, 0.717) is 12.2 Å². The third-order valence-electron chi connectivity index (χ3n) is 2.67. The second-order valence-electron chi connectivity index (χ2n) is 4.25. The lowest BCUT2D eigenvalue weighted by Gasteiger charge is -2.10. The quantitative estimate of drug-likeness (QED) is 0.846. The zero-order valence-electron chi connectivity index (χ0n) is 11.0. The molecule has 1 N–H and O–H groups in total. The summed E-state index contributed by atoms with van der Waals surface area (Å²) in [6.45, 7) is 2.34. The van der Waals surface area contributed by atoms with Gasteiger partial charge in [-0.25, -0.2) is 4.39 Å². The van der Waals surface area contributed by atoms with Gasteiger partial charge in [-0.2, -0.15) is 0 Å². The highest BCUT2D eigenvalue weighted by Gasteiger charge is 2.08. The molecule has 2 aromatic rings. The van der Waals surface area contributed by atoms with Crippen molar-refractivity contribution in [2.75, 3.05) is 12.4 Å². The maximum Gasteiger partial charge on any atom is 0.160 e. The molecule has 0 radical (unpaired) electrons. The fraction of sp³-hybridized carbons (Fsp3) is 0.214. The van der Waals surface area contributed by atoms with Crippen LogP contribution >= 0.6 is 23.2 Å². The number of halogens is 3. The number of rotatable bonds is 4. The molecule has 1 aromatic heterocycles. The van der Waals surface area contributed by atoms with Crippen molar-refractivity contribution in [1.82, 2.24) is 4.98 Å². The van der Waals surface area contributed by atoms with Crippen molar-refractivity contribution in [2.45, 2.75) is 13.5 Å². The average molecular weight is 315 g/mol. The number of anilines is 1. The van der Waals surface area contributed by atoms with Crippen LogP contribution in [-0.4, -0.2) is 12.1 Å². The van der Waals surface area contributed by atoms with Crippen LogP contribution in [0.4, 0.5) is 10.1 Å². The smallest absolute Gasteiger partial charge is 0.160 e. The van der Waals surface area contributed by atoms with Crippen LogP contribution in [0, 0.1) is 12.7 Å². The van der Waals surface area contributed by atoms with E-state index < -0.39 is 5.82 Å².